The molecule has 0 aromatic heterocycles. The van der Waals surface area contributed by atoms with Gasteiger partial charge in [-0.05, 0) is 42.8 Å². The molecule has 0 aliphatic rings. The Morgan fingerprint density at radius 1 is 1.16 bits per heavy atom. The van der Waals surface area contributed by atoms with Crippen LogP contribution in [0.1, 0.15) is 15.9 Å². The van der Waals surface area contributed by atoms with Crippen LogP contribution in [-0.4, -0.2) is 12.5 Å². The van der Waals surface area contributed by atoms with Gasteiger partial charge in [0.25, 0.3) is 5.91 Å². The number of carbonyl (C=O) groups excluding carboxylic acids is 1. The van der Waals surface area contributed by atoms with E-state index >= 15 is 0 Å². The van der Waals surface area contributed by atoms with Crippen molar-refractivity contribution in [3.05, 3.63) is 64.1 Å². The van der Waals surface area contributed by atoms with E-state index in [0.717, 1.165) is 15.7 Å². The van der Waals surface area contributed by atoms with Crippen LogP contribution in [0, 0.1) is 0 Å². The van der Waals surface area contributed by atoms with E-state index in [4.69, 9.17) is 5.73 Å². The molecule has 2 aromatic rings. The topological polar surface area (TPSA) is 55.1 Å². The molecule has 0 heterocycles. The Bertz CT molecular complexity index is 584. The molecule has 0 saturated heterocycles. The average molecular weight is 319 g/mol. The van der Waals surface area contributed by atoms with Crippen molar-refractivity contribution in [3.8, 4) is 0 Å². The van der Waals surface area contributed by atoms with Gasteiger partial charge in [-0.1, -0.05) is 40.2 Å². The highest BCUT2D eigenvalue weighted by atomic mass is 79.9. The number of halogens is 1. The lowest BCUT2D eigenvalue weighted by atomic mass is 10.0. The second kappa shape index (κ2) is 6.50. The zero-order chi connectivity index (χ0) is 13.7. The monoisotopic (exact) mass is 318 g/mol. The molecule has 0 aliphatic carbocycles. The molecule has 0 radical (unpaired) electrons. The van der Waals surface area contributed by atoms with Crippen molar-refractivity contribution in [2.75, 3.05) is 11.9 Å². The third-order valence-corrected chi connectivity index (χ3v) is 3.25. The van der Waals surface area contributed by atoms with Gasteiger partial charge in [-0.25, -0.2) is 0 Å². The smallest absolute Gasteiger partial charge is 0.255 e. The highest BCUT2D eigenvalue weighted by Gasteiger charge is 2.10. The first kappa shape index (κ1) is 13.8. The first-order chi connectivity index (χ1) is 9.20. The molecule has 0 saturated carbocycles. The molecule has 0 aliphatic heterocycles. The van der Waals surface area contributed by atoms with E-state index in [1.165, 1.54) is 0 Å². The minimum atomic E-state index is -0.109. The third kappa shape index (κ3) is 3.66. The van der Waals surface area contributed by atoms with Crippen LogP contribution in [0.15, 0.2) is 53.0 Å². The Kier molecular flexibility index (Phi) is 4.71. The van der Waals surface area contributed by atoms with Crippen molar-refractivity contribution >= 4 is 27.5 Å². The lowest BCUT2D eigenvalue weighted by Gasteiger charge is -2.09. The van der Waals surface area contributed by atoms with E-state index < -0.39 is 0 Å². The molecule has 0 atom stereocenters. The molecule has 0 unspecified atom stereocenters. The van der Waals surface area contributed by atoms with Gasteiger partial charge in [-0.3, -0.25) is 4.79 Å². The average Bonchev–Trinajstić information content (AvgIpc) is 2.39. The molecule has 0 fully saturated rings. The van der Waals surface area contributed by atoms with Gasteiger partial charge in [0, 0.05) is 15.7 Å². The number of anilines is 1. The van der Waals surface area contributed by atoms with Crippen LogP contribution in [0.2, 0.25) is 0 Å². The van der Waals surface area contributed by atoms with E-state index in [0.29, 0.717) is 18.5 Å². The second-order valence-electron chi connectivity index (χ2n) is 4.16. The highest BCUT2D eigenvalue weighted by Crippen LogP contribution is 2.17. The number of amides is 1. The van der Waals surface area contributed by atoms with Gasteiger partial charge in [0.05, 0.1) is 0 Å². The van der Waals surface area contributed by atoms with Gasteiger partial charge < -0.3 is 11.1 Å². The minimum Gasteiger partial charge on any atom is -0.330 e. The molecule has 1 amide bonds. The van der Waals surface area contributed by atoms with Crippen molar-refractivity contribution in [1.82, 2.24) is 0 Å². The largest absolute Gasteiger partial charge is 0.330 e. The van der Waals surface area contributed by atoms with Crippen LogP contribution in [-0.2, 0) is 6.42 Å². The molecule has 98 valence electrons. The maximum absolute atomic E-state index is 12.3. The quantitative estimate of drug-likeness (QED) is 0.909. The molecule has 3 nitrogen and oxygen atoms in total. The Labute approximate surface area is 121 Å². The SMILES string of the molecule is NCCc1ccccc1C(=O)Nc1cccc(Br)c1. The Hall–Kier alpha value is -1.65. The summed E-state index contributed by atoms with van der Waals surface area (Å²) < 4.78 is 0.931. The van der Waals surface area contributed by atoms with E-state index in [1.54, 1.807) is 0 Å². The normalized spacial score (nSPS) is 10.2. The van der Waals surface area contributed by atoms with Crippen LogP contribution < -0.4 is 11.1 Å². The van der Waals surface area contributed by atoms with Crippen LogP contribution in [0.25, 0.3) is 0 Å². The van der Waals surface area contributed by atoms with Crippen molar-refractivity contribution in [3.63, 3.8) is 0 Å². The third-order valence-electron chi connectivity index (χ3n) is 2.76. The standard InChI is InChI=1S/C15H15BrN2O/c16-12-5-3-6-13(10-12)18-15(19)14-7-2-1-4-11(14)8-9-17/h1-7,10H,8-9,17H2,(H,18,19). The van der Waals surface area contributed by atoms with Crippen LogP contribution in [0.3, 0.4) is 0 Å². The number of rotatable bonds is 4. The Balaban J connectivity index is 2.20. The Morgan fingerprint density at radius 2 is 1.95 bits per heavy atom. The summed E-state index contributed by atoms with van der Waals surface area (Å²) in [6.45, 7) is 0.529. The van der Waals surface area contributed by atoms with Gasteiger partial charge >= 0.3 is 0 Å². The van der Waals surface area contributed by atoms with Gasteiger partial charge in [0.1, 0.15) is 0 Å². The summed E-state index contributed by atoms with van der Waals surface area (Å²) in [5.74, 6) is -0.109. The minimum absolute atomic E-state index is 0.109. The number of hydrogen-bond donors (Lipinski definition) is 2. The first-order valence-corrected chi connectivity index (χ1v) is 6.85. The maximum atomic E-state index is 12.3. The summed E-state index contributed by atoms with van der Waals surface area (Å²) in [6, 6.07) is 15.0. The molecule has 19 heavy (non-hydrogen) atoms. The Morgan fingerprint density at radius 3 is 2.68 bits per heavy atom. The van der Waals surface area contributed by atoms with Crippen LogP contribution in [0.5, 0.6) is 0 Å². The van der Waals surface area contributed by atoms with Crippen LogP contribution >= 0.6 is 15.9 Å². The van der Waals surface area contributed by atoms with E-state index in [2.05, 4.69) is 21.2 Å². The first-order valence-electron chi connectivity index (χ1n) is 6.05. The highest BCUT2D eigenvalue weighted by molar-refractivity contribution is 9.10. The number of nitrogens with two attached hydrogens (primary N) is 1. The molecule has 3 N–H and O–H groups in total. The predicted octanol–water partition coefficient (Wildman–Crippen LogP) is 3.20. The number of carbonyl (C=O) groups is 1. The van der Waals surface area contributed by atoms with Gasteiger partial charge in [0.15, 0.2) is 0 Å². The molecule has 2 rings (SSSR count). The fraction of sp³-hybridized carbons (Fsp3) is 0.133. The lowest BCUT2D eigenvalue weighted by molar-refractivity contribution is 0.102. The number of nitrogens with one attached hydrogen (secondary N) is 1. The molecular weight excluding hydrogens is 304 g/mol. The van der Waals surface area contributed by atoms with Crippen molar-refractivity contribution in [1.29, 1.82) is 0 Å². The maximum Gasteiger partial charge on any atom is 0.255 e. The fourth-order valence-corrected chi connectivity index (χ4v) is 2.28. The molecule has 0 spiro atoms. The zero-order valence-corrected chi connectivity index (χ0v) is 12.0. The van der Waals surface area contributed by atoms with Crippen molar-refractivity contribution in [2.45, 2.75) is 6.42 Å². The lowest BCUT2D eigenvalue weighted by Crippen LogP contribution is -2.15. The van der Waals surface area contributed by atoms with E-state index in [9.17, 15) is 4.79 Å². The van der Waals surface area contributed by atoms with Gasteiger partial charge in [0.2, 0.25) is 0 Å². The summed E-state index contributed by atoms with van der Waals surface area (Å²) in [5, 5.41) is 2.89. The van der Waals surface area contributed by atoms with E-state index in [-0.39, 0.29) is 5.91 Å². The summed E-state index contributed by atoms with van der Waals surface area (Å²) in [4.78, 5) is 12.3. The molecule has 4 heteroatoms. The van der Waals surface area contributed by atoms with Gasteiger partial charge in [-0.2, -0.15) is 0 Å². The number of benzene rings is 2. The summed E-state index contributed by atoms with van der Waals surface area (Å²) in [6.07, 6.45) is 0.697. The fourth-order valence-electron chi connectivity index (χ4n) is 1.88. The van der Waals surface area contributed by atoms with Gasteiger partial charge in [-0.15, -0.1) is 0 Å². The second-order valence-corrected chi connectivity index (χ2v) is 5.08. The van der Waals surface area contributed by atoms with Crippen molar-refractivity contribution < 1.29 is 4.79 Å². The summed E-state index contributed by atoms with van der Waals surface area (Å²) >= 11 is 3.38. The van der Waals surface area contributed by atoms with Crippen LogP contribution in [0.4, 0.5) is 5.69 Å². The number of hydrogen-bond acceptors (Lipinski definition) is 2. The molecule has 2 aromatic carbocycles. The summed E-state index contributed by atoms with van der Waals surface area (Å²) in [7, 11) is 0. The summed E-state index contributed by atoms with van der Waals surface area (Å²) in [5.41, 5.74) is 7.97. The zero-order valence-electron chi connectivity index (χ0n) is 10.4. The predicted molar refractivity (Wildman–Crippen MR) is 81.3 cm³/mol. The van der Waals surface area contributed by atoms with E-state index in [1.807, 2.05) is 48.5 Å². The molecule has 0 bridgehead atoms. The molecular formula is C15H15BrN2O. The van der Waals surface area contributed by atoms with Crippen molar-refractivity contribution in [2.24, 2.45) is 5.73 Å².